The monoisotopic (exact) mass is 260 g/mol. The van der Waals surface area contributed by atoms with E-state index in [9.17, 15) is 13.2 Å². The highest BCUT2D eigenvalue weighted by Crippen LogP contribution is 2.33. The van der Waals surface area contributed by atoms with Crippen molar-refractivity contribution in [2.45, 2.75) is 32.0 Å². The molecule has 0 atom stereocenters. The van der Waals surface area contributed by atoms with Crippen molar-refractivity contribution in [3.8, 4) is 0 Å². The Morgan fingerprint density at radius 3 is 2.67 bits per heavy atom. The third-order valence-electron chi connectivity index (χ3n) is 2.64. The van der Waals surface area contributed by atoms with E-state index in [2.05, 4.69) is 15.3 Å². The Bertz CT molecular complexity index is 404. The van der Waals surface area contributed by atoms with Gasteiger partial charge in [-0.1, -0.05) is 0 Å². The number of rotatable bonds is 5. The van der Waals surface area contributed by atoms with Crippen LogP contribution in [-0.2, 0) is 0 Å². The number of nitrogens with one attached hydrogen (secondary N) is 1. The Morgan fingerprint density at radius 1 is 1.39 bits per heavy atom. The quantitative estimate of drug-likeness (QED) is 0.882. The molecule has 2 rings (SSSR count). The molecule has 1 aromatic heterocycles. The molecule has 0 amide bonds. The van der Waals surface area contributed by atoms with E-state index in [1.807, 2.05) is 6.92 Å². The highest BCUT2D eigenvalue weighted by Gasteiger charge is 2.38. The molecule has 1 fully saturated rings. The summed E-state index contributed by atoms with van der Waals surface area (Å²) in [5.74, 6) is 0.885. The van der Waals surface area contributed by atoms with E-state index in [4.69, 9.17) is 0 Å². The van der Waals surface area contributed by atoms with Crippen LogP contribution in [0.1, 0.15) is 19.8 Å². The minimum Gasteiger partial charge on any atom is -0.370 e. The summed E-state index contributed by atoms with van der Waals surface area (Å²) < 4.78 is 37.6. The van der Waals surface area contributed by atoms with Crippen LogP contribution in [-0.4, -0.2) is 35.3 Å². The molecule has 1 aromatic rings. The van der Waals surface area contributed by atoms with Crippen LogP contribution < -0.4 is 10.2 Å². The van der Waals surface area contributed by atoms with Gasteiger partial charge < -0.3 is 10.2 Å². The minimum absolute atomic E-state index is 0.0454. The summed E-state index contributed by atoms with van der Waals surface area (Å²) in [4.78, 5) is 9.21. The Kier molecular flexibility index (Phi) is 3.58. The van der Waals surface area contributed by atoms with Crippen LogP contribution in [0, 0.1) is 0 Å². The van der Waals surface area contributed by atoms with Crippen LogP contribution in [0.15, 0.2) is 12.4 Å². The Hall–Kier alpha value is -1.53. The van der Waals surface area contributed by atoms with Crippen molar-refractivity contribution in [2.75, 3.05) is 23.3 Å². The van der Waals surface area contributed by atoms with Crippen molar-refractivity contribution >= 4 is 11.6 Å². The molecule has 18 heavy (non-hydrogen) atoms. The van der Waals surface area contributed by atoms with Crippen molar-refractivity contribution in [3.63, 3.8) is 0 Å². The van der Waals surface area contributed by atoms with Gasteiger partial charge in [0.1, 0.15) is 24.5 Å². The van der Waals surface area contributed by atoms with E-state index < -0.39 is 12.7 Å². The summed E-state index contributed by atoms with van der Waals surface area (Å²) in [7, 11) is 0. The molecule has 0 aromatic carbocycles. The molecule has 0 radical (unpaired) electrons. The number of anilines is 2. The van der Waals surface area contributed by atoms with Gasteiger partial charge in [-0.3, -0.25) is 0 Å². The van der Waals surface area contributed by atoms with Crippen molar-refractivity contribution in [1.29, 1.82) is 0 Å². The lowest BCUT2D eigenvalue weighted by Gasteiger charge is -2.24. The minimum atomic E-state index is -4.22. The van der Waals surface area contributed by atoms with Crippen molar-refractivity contribution in [3.05, 3.63) is 12.4 Å². The molecule has 0 saturated heterocycles. The van der Waals surface area contributed by atoms with Gasteiger partial charge >= 0.3 is 6.18 Å². The van der Waals surface area contributed by atoms with Crippen molar-refractivity contribution < 1.29 is 13.2 Å². The first-order valence-electron chi connectivity index (χ1n) is 5.89. The van der Waals surface area contributed by atoms with E-state index in [0.29, 0.717) is 18.2 Å². The molecule has 1 aliphatic carbocycles. The number of hydrogen-bond acceptors (Lipinski definition) is 4. The molecule has 0 bridgehead atoms. The third kappa shape index (κ3) is 3.48. The summed E-state index contributed by atoms with van der Waals surface area (Å²) in [6.45, 7) is 1.61. The second-order valence-electron chi connectivity index (χ2n) is 4.27. The zero-order valence-corrected chi connectivity index (χ0v) is 10.0. The fourth-order valence-corrected chi connectivity index (χ4v) is 1.76. The average Bonchev–Trinajstić information content (AvgIpc) is 3.09. The first kappa shape index (κ1) is 12.9. The summed E-state index contributed by atoms with van der Waals surface area (Å²) >= 11 is 0. The highest BCUT2D eigenvalue weighted by atomic mass is 19.4. The van der Waals surface area contributed by atoms with E-state index in [1.54, 1.807) is 6.07 Å². The van der Waals surface area contributed by atoms with Crippen LogP contribution >= 0.6 is 0 Å². The first-order chi connectivity index (χ1) is 8.49. The summed E-state index contributed by atoms with van der Waals surface area (Å²) in [6, 6.07) is 1.52. The number of halogens is 3. The SMILES string of the molecule is CCNc1cc(N(CC(F)(F)F)C2CC2)ncn1. The van der Waals surface area contributed by atoms with Gasteiger partial charge in [-0.2, -0.15) is 13.2 Å². The first-order valence-corrected chi connectivity index (χ1v) is 5.89. The lowest BCUT2D eigenvalue weighted by molar-refractivity contribution is -0.120. The maximum Gasteiger partial charge on any atom is 0.405 e. The van der Waals surface area contributed by atoms with Crippen LogP contribution in [0.5, 0.6) is 0 Å². The predicted octanol–water partition coefficient (Wildman–Crippen LogP) is 2.44. The van der Waals surface area contributed by atoms with Gasteiger partial charge in [-0.25, -0.2) is 9.97 Å². The molecular formula is C11H15F3N4. The van der Waals surface area contributed by atoms with E-state index in [-0.39, 0.29) is 6.04 Å². The molecular weight excluding hydrogens is 245 g/mol. The summed E-state index contributed by atoms with van der Waals surface area (Å²) in [5, 5.41) is 2.97. The summed E-state index contributed by atoms with van der Waals surface area (Å²) in [5.41, 5.74) is 0. The largest absolute Gasteiger partial charge is 0.405 e. The summed E-state index contributed by atoms with van der Waals surface area (Å²) in [6.07, 6.45) is -1.35. The van der Waals surface area contributed by atoms with Gasteiger partial charge in [-0.05, 0) is 19.8 Å². The van der Waals surface area contributed by atoms with Crippen LogP contribution in [0.25, 0.3) is 0 Å². The van der Waals surface area contributed by atoms with Gasteiger partial charge in [0.2, 0.25) is 0 Å². The van der Waals surface area contributed by atoms with E-state index >= 15 is 0 Å². The molecule has 100 valence electrons. The fourth-order valence-electron chi connectivity index (χ4n) is 1.76. The third-order valence-corrected chi connectivity index (χ3v) is 2.64. The maximum atomic E-state index is 12.5. The van der Waals surface area contributed by atoms with Gasteiger partial charge in [0, 0.05) is 18.7 Å². The molecule has 0 spiro atoms. The molecule has 1 heterocycles. The van der Waals surface area contributed by atoms with Gasteiger partial charge in [0.15, 0.2) is 0 Å². The average molecular weight is 260 g/mol. The Labute approximate surface area is 103 Å². The molecule has 7 heteroatoms. The second-order valence-corrected chi connectivity index (χ2v) is 4.27. The fraction of sp³-hybridized carbons (Fsp3) is 0.636. The maximum absolute atomic E-state index is 12.5. The van der Waals surface area contributed by atoms with Gasteiger partial charge in [-0.15, -0.1) is 0 Å². The zero-order valence-electron chi connectivity index (χ0n) is 10.0. The molecule has 1 aliphatic rings. The number of alkyl halides is 3. The topological polar surface area (TPSA) is 41.0 Å². The van der Waals surface area contributed by atoms with Gasteiger partial charge in [0.05, 0.1) is 0 Å². The molecule has 4 nitrogen and oxygen atoms in total. The van der Waals surface area contributed by atoms with Crippen molar-refractivity contribution in [1.82, 2.24) is 9.97 Å². The van der Waals surface area contributed by atoms with Gasteiger partial charge in [0.25, 0.3) is 0 Å². The Balaban J connectivity index is 2.17. The normalized spacial score (nSPS) is 15.6. The molecule has 0 unspecified atom stereocenters. The van der Waals surface area contributed by atoms with Crippen LogP contribution in [0.4, 0.5) is 24.8 Å². The lowest BCUT2D eigenvalue weighted by Crippen LogP contribution is -2.36. The smallest absolute Gasteiger partial charge is 0.370 e. The lowest BCUT2D eigenvalue weighted by atomic mass is 10.4. The van der Waals surface area contributed by atoms with Crippen LogP contribution in [0.2, 0.25) is 0 Å². The van der Waals surface area contributed by atoms with Crippen molar-refractivity contribution in [2.24, 2.45) is 0 Å². The molecule has 1 N–H and O–H groups in total. The molecule has 0 aliphatic heterocycles. The predicted molar refractivity (Wildman–Crippen MR) is 62.6 cm³/mol. The number of aromatic nitrogens is 2. The molecule has 1 saturated carbocycles. The van der Waals surface area contributed by atoms with E-state index in [1.165, 1.54) is 11.2 Å². The zero-order chi connectivity index (χ0) is 13.2. The number of hydrogen-bond donors (Lipinski definition) is 1. The Morgan fingerprint density at radius 2 is 2.11 bits per heavy atom. The standard InChI is InChI=1S/C11H15F3N4/c1-2-15-9-5-10(17-7-16-9)18(8-3-4-8)6-11(12,13)14/h5,7-8H,2-4,6H2,1H3,(H,15,16,17). The number of nitrogens with zero attached hydrogens (tertiary/aromatic N) is 3. The van der Waals surface area contributed by atoms with Crippen LogP contribution in [0.3, 0.4) is 0 Å². The van der Waals surface area contributed by atoms with E-state index in [0.717, 1.165) is 12.8 Å². The second kappa shape index (κ2) is 4.99. The highest BCUT2D eigenvalue weighted by molar-refractivity contribution is 5.50.